The van der Waals surface area contributed by atoms with Gasteiger partial charge in [-0.3, -0.25) is 4.79 Å². The van der Waals surface area contributed by atoms with Crippen molar-refractivity contribution in [3.05, 3.63) is 35.9 Å². The number of nitrogens with one attached hydrogen (secondary N) is 1. The Hall–Kier alpha value is -1.35. The van der Waals surface area contributed by atoms with Gasteiger partial charge in [0.25, 0.3) is 0 Å². The molecule has 0 bridgehead atoms. The van der Waals surface area contributed by atoms with E-state index >= 15 is 0 Å². The monoisotopic (exact) mass is 262 g/mol. The Labute approximate surface area is 117 Å². The minimum atomic E-state index is 0.0580. The van der Waals surface area contributed by atoms with Crippen LogP contribution in [0.1, 0.15) is 32.3 Å². The normalized spacial score (nSPS) is 11.4. The first-order valence-electron chi connectivity index (χ1n) is 6.90. The molecule has 1 rings (SSSR count). The van der Waals surface area contributed by atoms with Gasteiger partial charge in [0.2, 0.25) is 5.91 Å². The Balaban J connectivity index is 2.30. The first kappa shape index (κ1) is 15.7. The lowest BCUT2D eigenvalue weighted by Gasteiger charge is -2.26. The lowest BCUT2D eigenvalue weighted by atomic mass is 9.95. The Morgan fingerprint density at radius 1 is 1.21 bits per heavy atom. The van der Waals surface area contributed by atoms with Gasteiger partial charge in [0, 0.05) is 32.6 Å². The summed E-state index contributed by atoms with van der Waals surface area (Å²) in [6.45, 7) is 5.12. The second-order valence-corrected chi connectivity index (χ2v) is 5.83. The Bertz CT molecular complexity index is 385. The summed E-state index contributed by atoms with van der Waals surface area (Å²) in [6.07, 6.45) is 2.68. The van der Waals surface area contributed by atoms with Crippen LogP contribution in [0.5, 0.6) is 0 Å². The molecule has 1 amide bonds. The van der Waals surface area contributed by atoms with E-state index in [4.69, 9.17) is 0 Å². The summed E-state index contributed by atoms with van der Waals surface area (Å²) in [6, 6.07) is 10.5. The minimum Gasteiger partial charge on any atom is -0.349 e. The van der Waals surface area contributed by atoms with Crippen molar-refractivity contribution in [1.29, 1.82) is 0 Å². The smallest absolute Gasteiger partial charge is 0.223 e. The molecule has 0 unspecified atom stereocenters. The molecular weight excluding hydrogens is 236 g/mol. The fraction of sp³-hybridized carbons (Fsp3) is 0.562. The maximum Gasteiger partial charge on any atom is 0.223 e. The van der Waals surface area contributed by atoms with Crippen LogP contribution in [0.4, 0.5) is 0 Å². The van der Waals surface area contributed by atoms with E-state index in [0.29, 0.717) is 6.42 Å². The molecule has 0 fully saturated rings. The lowest BCUT2D eigenvalue weighted by Crippen LogP contribution is -2.41. The summed E-state index contributed by atoms with van der Waals surface area (Å²) in [5, 5.41) is 3.47. The lowest BCUT2D eigenvalue weighted by molar-refractivity contribution is -0.128. The van der Waals surface area contributed by atoms with Crippen molar-refractivity contribution < 1.29 is 4.79 Å². The van der Waals surface area contributed by atoms with Crippen molar-refractivity contribution >= 4 is 5.91 Å². The van der Waals surface area contributed by atoms with E-state index < -0.39 is 0 Å². The Morgan fingerprint density at radius 2 is 1.84 bits per heavy atom. The molecule has 1 aromatic rings. The average Bonchev–Trinajstić information content (AvgIpc) is 2.37. The Morgan fingerprint density at radius 3 is 2.42 bits per heavy atom. The number of carbonyl (C=O) groups excluding carboxylic acids is 1. The molecule has 0 spiro atoms. The van der Waals surface area contributed by atoms with Crippen LogP contribution in [0.2, 0.25) is 0 Å². The molecule has 0 aliphatic heterocycles. The molecule has 106 valence electrons. The third kappa shape index (κ3) is 6.39. The maximum absolute atomic E-state index is 11.5. The van der Waals surface area contributed by atoms with Gasteiger partial charge in [0.15, 0.2) is 0 Å². The van der Waals surface area contributed by atoms with Gasteiger partial charge < -0.3 is 10.2 Å². The highest BCUT2D eigenvalue weighted by Crippen LogP contribution is 2.13. The van der Waals surface area contributed by atoms with Gasteiger partial charge in [0.05, 0.1) is 0 Å². The van der Waals surface area contributed by atoms with E-state index in [1.54, 1.807) is 19.0 Å². The third-order valence-corrected chi connectivity index (χ3v) is 3.32. The zero-order chi connectivity index (χ0) is 14.3. The molecular formula is C16H26N2O. The van der Waals surface area contributed by atoms with Crippen molar-refractivity contribution in [3.8, 4) is 0 Å². The van der Waals surface area contributed by atoms with E-state index in [9.17, 15) is 4.79 Å². The molecule has 0 saturated heterocycles. The standard InChI is InChI=1S/C16H26N2O/c1-16(2,17-13-11-15(19)18(3)4)12-10-14-8-6-5-7-9-14/h5-9,17H,10-13H2,1-4H3. The topological polar surface area (TPSA) is 32.3 Å². The summed E-state index contributed by atoms with van der Waals surface area (Å²) >= 11 is 0. The summed E-state index contributed by atoms with van der Waals surface area (Å²) in [4.78, 5) is 13.1. The largest absolute Gasteiger partial charge is 0.349 e. The van der Waals surface area contributed by atoms with Crippen LogP contribution in [0.25, 0.3) is 0 Å². The molecule has 0 heterocycles. The molecule has 1 N–H and O–H groups in total. The van der Waals surface area contributed by atoms with Crippen LogP contribution in [0.15, 0.2) is 30.3 Å². The summed E-state index contributed by atoms with van der Waals surface area (Å²) < 4.78 is 0. The first-order valence-corrected chi connectivity index (χ1v) is 6.90. The van der Waals surface area contributed by atoms with Gasteiger partial charge in [0.1, 0.15) is 0 Å². The van der Waals surface area contributed by atoms with E-state index in [1.165, 1.54) is 5.56 Å². The zero-order valence-corrected chi connectivity index (χ0v) is 12.6. The number of benzene rings is 1. The van der Waals surface area contributed by atoms with Crippen molar-refractivity contribution in [3.63, 3.8) is 0 Å². The molecule has 0 aromatic heterocycles. The van der Waals surface area contributed by atoms with Crippen molar-refractivity contribution in [2.45, 2.75) is 38.6 Å². The van der Waals surface area contributed by atoms with Gasteiger partial charge in [-0.2, -0.15) is 0 Å². The number of hydrogen-bond acceptors (Lipinski definition) is 2. The third-order valence-electron chi connectivity index (χ3n) is 3.32. The number of nitrogens with zero attached hydrogens (tertiary/aromatic N) is 1. The van der Waals surface area contributed by atoms with Gasteiger partial charge in [-0.1, -0.05) is 30.3 Å². The van der Waals surface area contributed by atoms with Crippen LogP contribution in [0.3, 0.4) is 0 Å². The average molecular weight is 262 g/mol. The molecule has 1 aromatic carbocycles. The van der Waals surface area contributed by atoms with Crippen molar-refractivity contribution in [2.75, 3.05) is 20.6 Å². The summed E-state index contributed by atoms with van der Waals surface area (Å²) in [5.74, 6) is 0.173. The van der Waals surface area contributed by atoms with E-state index in [-0.39, 0.29) is 11.4 Å². The highest BCUT2D eigenvalue weighted by molar-refractivity contribution is 5.75. The van der Waals surface area contributed by atoms with Gasteiger partial charge in [-0.05, 0) is 32.3 Å². The van der Waals surface area contributed by atoms with Crippen LogP contribution in [0, 0.1) is 0 Å². The highest BCUT2D eigenvalue weighted by atomic mass is 16.2. The van der Waals surface area contributed by atoms with Gasteiger partial charge >= 0.3 is 0 Å². The van der Waals surface area contributed by atoms with E-state index in [0.717, 1.165) is 19.4 Å². The van der Waals surface area contributed by atoms with E-state index in [2.05, 4.69) is 43.4 Å². The minimum absolute atomic E-state index is 0.0580. The molecule has 0 aliphatic carbocycles. The summed E-state index contributed by atoms with van der Waals surface area (Å²) in [7, 11) is 3.59. The van der Waals surface area contributed by atoms with Crippen LogP contribution in [-0.4, -0.2) is 37.0 Å². The fourth-order valence-corrected chi connectivity index (χ4v) is 1.92. The molecule has 0 atom stereocenters. The number of amides is 1. The molecule has 0 saturated carbocycles. The molecule has 19 heavy (non-hydrogen) atoms. The first-order chi connectivity index (χ1) is 8.91. The van der Waals surface area contributed by atoms with Gasteiger partial charge in [-0.15, -0.1) is 0 Å². The number of carbonyl (C=O) groups is 1. The number of aryl methyl sites for hydroxylation is 1. The number of hydrogen-bond donors (Lipinski definition) is 1. The second kappa shape index (κ2) is 7.29. The van der Waals surface area contributed by atoms with E-state index in [1.807, 2.05) is 6.07 Å². The van der Waals surface area contributed by atoms with Gasteiger partial charge in [-0.25, -0.2) is 0 Å². The SMILES string of the molecule is CN(C)C(=O)CCNC(C)(C)CCc1ccccc1. The van der Waals surface area contributed by atoms with Crippen LogP contribution < -0.4 is 5.32 Å². The molecule has 3 heteroatoms. The second-order valence-electron chi connectivity index (χ2n) is 5.83. The van der Waals surface area contributed by atoms with Crippen LogP contribution in [-0.2, 0) is 11.2 Å². The quantitative estimate of drug-likeness (QED) is 0.818. The molecule has 0 radical (unpaired) electrons. The molecule has 0 aliphatic rings. The number of rotatable bonds is 7. The highest BCUT2D eigenvalue weighted by Gasteiger charge is 2.17. The summed E-state index contributed by atoms with van der Waals surface area (Å²) in [5.41, 5.74) is 1.42. The van der Waals surface area contributed by atoms with Crippen LogP contribution >= 0.6 is 0 Å². The zero-order valence-electron chi connectivity index (χ0n) is 12.6. The molecule has 3 nitrogen and oxygen atoms in total. The predicted octanol–water partition coefficient (Wildman–Crippen LogP) is 2.47. The van der Waals surface area contributed by atoms with Crippen molar-refractivity contribution in [2.24, 2.45) is 0 Å². The fourth-order valence-electron chi connectivity index (χ4n) is 1.92. The predicted molar refractivity (Wildman–Crippen MR) is 80.2 cm³/mol. The maximum atomic E-state index is 11.5. The Kier molecular flexibility index (Phi) is 6.03. The van der Waals surface area contributed by atoms with Crippen molar-refractivity contribution in [1.82, 2.24) is 10.2 Å².